The van der Waals surface area contributed by atoms with Gasteiger partial charge in [0.05, 0.1) is 5.41 Å². The van der Waals surface area contributed by atoms with Gasteiger partial charge in [0.15, 0.2) is 0 Å². The van der Waals surface area contributed by atoms with Crippen LogP contribution >= 0.6 is 0 Å². The van der Waals surface area contributed by atoms with Crippen LogP contribution in [0.2, 0.25) is 0 Å². The van der Waals surface area contributed by atoms with E-state index in [2.05, 4.69) is 0 Å². The van der Waals surface area contributed by atoms with Gasteiger partial charge >= 0.3 is 5.97 Å². The number of carbonyl (C=O) groups is 2. The largest absolute Gasteiger partial charge is 0.481 e. The molecule has 0 spiro atoms. The lowest BCUT2D eigenvalue weighted by molar-refractivity contribution is -0.149. The summed E-state index contributed by atoms with van der Waals surface area (Å²) in [6, 6.07) is 0. The molecular formula is C12H21NO3. The summed E-state index contributed by atoms with van der Waals surface area (Å²) in [5.41, 5.74) is -0.695. The van der Waals surface area contributed by atoms with Crippen LogP contribution in [0.3, 0.4) is 0 Å². The first-order valence-electron chi connectivity index (χ1n) is 5.95. The average Bonchev–Trinajstić information content (AvgIpc) is 2.62. The number of nitrogens with zero attached hydrogens (tertiary/aromatic N) is 1. The van der Waals surface area contributed by atoms with Crippen LogP contribution in [-0.4, -0.2) is 35.0 Å². The van der Waals surface area contributed by atoms with Gasteiger partial charge in [-0.15, -0.1) is 0 Å². The van der Waals surface area contributed by atoms with Crippen LogP contribution in [0.4, 0.5) is 0 Å². The summed E-state index contributed by atoms with van der Waals surface area (Å²) in [5, 5.41) is 9.30. The summed E-state index contributed by atoms with van der Waals surface area (Å²) < 4.78 is 0. The van der Waals surface area contributed by atoms with Crippen LogP contribution in [0.25, 0.3) is 0 Å². The molecular weight excluding hydrogens is 206 g/mol. The predicted molar refractivity (Wildman–Crippen MR) is 61.0 cm³/mol. The van der Waals surface area contributed by atoms with Crippen molar-refractivity contribution >= 4 is 11.9 Å². The Morgan fingerprint density at radius 2 is 2.06 bits per heavy atom. The molecule has 1 N–H and O–H groups in total. The lowest BCUT2D eigenvalue weighted by Crippen LogP contribution is -2.38. The molecule has 4 heteroatoms. The lowest BCUT2D eigenvalue weighted by Gasteiger charge is -2.25. The van der Waals surface area contributed by atoms with E-state index in [4.69, 9.17) is 0 Å². The molecule has 1 aliphatic rings. The highest BCUT2D eigenvalue weighted by Gasteiger charge is 2.45. The Labute approximate surface area is 96.6 Å². The summed E-state index contributed by atoms with van der Waals surface area (Å²) in [5.74, 6) is -0.737. The molecule has 1 heterocycles. The molecule has 1 saturated heterocycles. The first kappa shape index (κ1) is 13.0. The van der Waals surface area contributed by atoms with Crippen molar-refractivity contribution in [2.45, 2.75) is 40.0 Å². The van der Waals surface area contributed by atoms with Crippen LogP contribution in [0.15, 0.2) is 0 Å². The van der Waals surface area contributed by atoms with Crippen molar-refractivity contribution < 1.29 is 14.7 Å². The van der Waals surface area contributed by atoms with Crippen molar-refractivity contribution in [2.75, 3.05) is 13.1 Å². The summed E-state index contributed by atoms with van der Waals surface area (Å²) in [6.45, 7) is 6.65. The van der Waals surface area contributed by atoms with E-state index in [0.29, 0.717) is 25.9 Å². The summed E-state index contributed by atoms with van der Waals surface area (Å²) in [7, 11) is 0. The first-order chi connectivity index (χ1) is 7.43. The van der Waals surface area contributed by atoms with Gasteiger partial charge in [0.1, 0.15) is 0 Å². The van der Waals surface area contributed by atoms with Crippen molar-refractivity contribution in [1.29, 1.82) is 0 Å². The highest BCUT2D eigenvalue weighted by molar-refractivity contribution is 5.81. The Morgan fingerprint density at radius 1 is 1.44 bits per heavy atom. The lowest BCUT2D eigenvalue weighted by atomic mass is 9.83. The van der Waals surface area contributed by atoms with Gasteiger partial charge in [-0.25, -0.2) is 0 Å². The Bertz CT molecular complexity index is 288. The minimum Gasteiger partial charge on any atom is -0.481 e. The van der Waals surface area contributed by atoms with Crippen molar-refractivity contribution in [3.63, 3.8) is 0 Å². The Balaban J connectivity index is 2.74. The van der Waals surface area contributed by atoms with E-state index >= 15 is 0 Å². The normalized spacial score (nSPS) is 25.1. The second-order valence-electron chi connectivity index (χ2n) is 5.00. The quantitative estimate of drug-likeness (QED) is 0.796. The molecule has 0 aromatic heterocycles. The Kier molecular flexibility index (Phi) is 3.94. The van der Waals surface area contributed by atoms with Crippen LogP contribution < -0.4 is 0 Å². The molecule has 0 radical (unpaired) electrons. The second-order valence-corrected chi connectivity index (χ2v) is 5.00. The number of carboxylic acid groups (broad SMARTS) is 1. The molecule has 1 atom stereocenters. The molecule has 0 aromatic carbocycles. The number of likely N-dealkylation sites (tertiary alicyclic amines) is 1. The van der Waals surface area contributed by atoms with Gasteiger partial charge in [-0.3, -0.25) is 9.59 Å². The molecule has 1 amide bonds. The minimum absolute atomic E-state index is 0.0498. The zero-order valence-electron chi connectivity index (χ0n) is 10.3. The summed E-state index contributed by atoms with van der Waals surface area (Å²) in [4.78, 5) is 24.8. The van der Waals surface area contributed by atoms with Crippen LogP contribution in [0.5, 0.6) is 0 Å². The summed E-state index contributed by atoms with van der Waals surface area (Å²) >= 11 is 0. The first-order valence-corrected chi connectivity index (χ1v) is 5.95. The van der Waals surface area contributed by atoms with Crippen molar-refractivity contribution in [3.8, 4) is 0 Å². The highest BCUT2D eigenvalue weighted by Crippen LogP contribution is 2.36. The van der Waals surface area contributed by atoms with Crippen LogP contribution in [0.1, 0.15) is 40.0 Å². The van der Waals surface area contributed by atoms with Gasteiger partial charge in [0.25, 0.3) is 0 Å². The molecule has 0 aliphatic carbocycles. The SMILES string of the molecule is CCCC1(C(=O)O)CCN(C(=O)C(C)C)C1. The van der Waals surface area contributed by atoms with E-state index in [1.54, 1.807) is 4.90 Å². The number of hydrogen-bond acceptors (Lipinski definition) is 2. The monoisotopic (exact) mass is 227 g/mol. The van der Waals surface area contributed by atoms with Crippen molar-refractivity contribution in [2.24, 2.45) is 11.3 Å². The Hall–Kier alpha value is -1.06. The van der Waals surface area contributed by atoms with E-state index in [-0.39, 0.29) is 11.8 Å². The molecule has 1 fully saturated rings. The van der Waals surface area contributed by atoms with Gasteiger partial charge in [0.2, 0.25) is 5.91 Å². The van der Waals surface area contributed by atoms with E-state index in [1.165, 1.54) is 0 Å². The zero-order chi connectivity index (χ0) is 12.3. The van der Waals surface area contributed by atoms with Gasteiger partial charge < -0.3 is 10.0 Å². The fourth-order valence-electron chi connectivity index (χ4n) is 2.39. The fourth-order valence-corrected chi connectivity index (χ4v) is 2.39. The van der Waals surface area contributed by atoms with Crippen LogP contribution in [0, 0.1) is 11.3 Å². The zero-order valence-corrected chi connectivity index (χ0v) is 10.3. The number of rotatable bonds is 4. The maximum absolute atomic E-state index is 11.8. The third kappa shape index (κ3) is 2.36. The molecule has 4 nitrogen and oxygen atoms in total. The Morgan fingerprint density at radius 3 is 2.50 bits per heavy atom. The van der Waals surface area contributed by atoms with E-state index in [9.17, 15) is 14.7 Å². The van der Waals surface area contributed by atoms with Gasteiger partial charge in [-0.1, -0.05) is 27.2 Å². The predicted octanol–water partition coefficient (Wildman–Crippen LogP) is 1.75. The molecule has 0 aromatic rings. The molecule has 16 heavy (non-hydrogen) atoms. The maximum Gasteiger partial charge on any atom is 0.311 e. The number of aliphatic carboxylic acids is 1. The number of carbonyl (C=O) groups excluding carboxylic acids is 1. The molecule has 0 bridgehead atoms. The molecule has 1 aliphatic heterocycles. The molecule has 92 valence electrons. The molecule has 1 unspecified atom stereocenters. The average molecular weight is 227 g/mol. The van der Waals surface area contributed by atoms with E-state index in [1.807, 2.05) is 20.8 Å². The standard InChI is InChI=1S/C12H21NO3/c1-4-5-12(11(15)16)6-7-13(8-12)10(14)9(2)3/h9H,4-8H2,1-3H3,(H,15,16). The summed E-state index contributed by atoms with van der Waals surface area (Å²) in [6.07, 6.45) is 2.09. The second kappa shape index (κ2) is 4.85. The number of carboxylic acids is 1. The topological polar surface area (TPSA) is 57.6 Å². The highest BCUT2D eigenvalue weighted by atomic mass is 16.4. The van der Waals surface area contributed by atoms with Gasteiger partial charge in [0, 0.05) is 19.0 Å². The van der Waals surface area contributed by atoms with E-state index < -0.39 is 11.4 Å². The van der Waals surface area contributed by atoms with Gasteiger partial charge in [-0.2, -0.15) is 0 Å². The van der Waals surface area contributed by atoms with Crippen molar-refractivity contribution in [3.05, 3.63) is 0 Å². The molecule has 1 rings (SSSR count). The van der Waals surface area contributed by atoms with Gasteiger partial charge in [-0.05, 0) is 12.8 Å². The maximum atomic E-state index is 11.8. The third-order valence-corrected chi connectivity index (χ3v) is 3.34. The smallest absolute Gasteiger partial charge is 0.311 e. The minimum atomic E-state index is -0.756. The van der Waals surface area contributed by atoms with E-state index in [0.717, 1.165) is 6.42 Å². The number of amides is 1. The third-order valence-electron chi connectivity index (χ3n) is 3.34. The molecule has 0 saturated carbocycles. The van der Waals surface area contributed by atoms with Crippen LogP contribution in [-0.2, 0) is 9.59 Å². The van der Waals surface area contributed by atoms with Crippen molar-refractivity contribution in [1.82, 2.24) is 4.90 Å². The fraction of sp³-hybridized carbons (Fsp3) is 0.833. The number of hydrogen-bond donors (Lipinski definition) is 1.